The van der Waals surface area contributed by atoms with Crippen molar-refractivity contribution in [1.82, 2.24) is 14.9 Å². The predicted molar refractivity (Wildman–Crippen MR) is 90.9 cm³/mol. The number of benzene rings is 1. The minimum atomic E-state index is -1.01. The second-order valence-electron chi connectivity index (χ2n) is 6.65. The van der Waals surface area contributed by atoms with Gasteiger partial charge in [-0.25, -0.2) is 19.2 Å². The fraction of sp³-hybridized carbons (Fsp3) is 0.389. The molecule has 3 aliphatic rings. The molecule has 25 heavy (non-hydrogen) atoms. The third kappa shape index (κ3) is 2.95. The Morgan fingerprint density at radius 3 is 2.56 bits per heavy atom. The van der Waals surface area contributed by atoms with Crippen molar-refractivity contribution in [3.8, 4) is 11.1 Å². The van der Waals surface area contributed by atoms with E-state index in [-0.39, 0.29) is 6.04 Å². The fourth-order valence-electron chi connectivity index (χ4n) is 4.04. The Labute approximate surface area is 144 Å². The molecule has 7 heteroatoms. The van der Waals surface area contributed by atoms with Gasteiger partial charge >= 0.3 is 6.09 Å². The summed E-state index contributed by atoms with van der Waals surface area (Å²) in [7, 11) is 0. The van der Waals surface area contributed by atoms with Gasteiger partial charge in [0.2, 0.25) is 0 Å². The standard InChI is InChI=1S/C18H19FN4O2/c19-14-1-2-16(15(7-14)13-8-20-11-21-9-13)23(18(24)25)17-10-22-5-3-12(17)4-6-22/h1-2,7-9,11-12,17H,3-6,10H2,(H,24,25). The molecule has 5 rings (SSSR count). The van der Waals surface area contributed by atoms with Gasteiger partial charge in [0.05, 0.1) is 11.7 Å². The van der Waals surface area contributed by atoms with Crippen molar-refractivity contribution < 1.29 is 14.3 Å². The van der Waals surface area contributed by atoms with Crippen LogP contribution in [0.25, 0.3) is 11.1 Å². The molecule has 130 valence electrons. The van der Waals surface area contributed by atoms with Crippen LogP contribution < -0.4 is 4.90 Å². The lowest BCUT2D eigenvalue weighted by atomic mass is 9.82. The molecule has 4 heterocycles. The molecule has 1 unspecified atom stereocenters. The molecule has 0 spiro atoms. The zero-order chi connectivity index (χ0) is 17.4. The third-order valence-electron chi connectivity index (χ3n) is 5.25. The summed E-state index contributed by atoms with van der Waals surface area (Å²) in [6.07, 6.45) is 5.52. The van der Waals surface area contributed by atoms with Crippen LogP contribution in [0.2, 0.25) is 0 Å². The predicted octanol–water partition coefficient (Wildman–Crippen LogP) is 2.86. The Morgan fingerprint density at radius 1 is 1.24 bits per heavy atom. The first-order valence-corrected chi connectivity index (χ1v) is 8.43. The fourth-order valence-corrected chi connectivity index (χ4v) is 4.04. The van der Waals surface area contributed by atoms with E-state index >= 15 is 0 Å². The molecule has 0 radical (unpaired) electrons. The number of piperidine rings is 3. The second kappa shape index (κ2) is 6.40. The van der Waals surface area contributed by atoms with E-state index in [9.17, 15) is 14.3 Å². The topological polar surface area (TPSA) is 69.6 Å². The maximum absolute atomic E-state index is 13.9. The number of anilines is 1. The van der Waals surface area contributed by atoms with Crippen LogP contribution in [-0.2, 0) is 0 Å². The molecule has 1 amide bonds. The summed E-state index contributed by atoms with van der Waals surface area (Å²) in [6.45, 7) is 2.77. The van der Waals surface area contributed by atoms with Gasteiger partial charge in [0, 0.05) is 30.1 Å². The van der Waals surface area contributed by atoms with Crippen molar-refractivity contribution in [3.05, 3.63) is 42.7 Å². The summed E-state index contributed by atoms with van der Waals surface area (Å²) in [5.41, 5.74) is 1.59. The van der Waals surface area contributed by atoms with E-state index in [1.54, 1.807) is 18.5 Å². The van der Waals surface area contributed by atoms with Gasteiger partial charge in [-0.05, 0) is 50.0 Å². The molecule has 3 saturated heterocycles. The molecular formula is C18H19FN4O2. The van der Waals surface area contributed by atoms with Gasteiger partial charge in [-0.3, -0.25) is 4.90 Å². The molecular weight excluding hydrogens is 323 g/mol. The smallest absolute Gasteiger partial charge is 0.412 e. The third-order valence-corrected chi connectivity index (χ3v) is 5.25. The summed E-state index contributed by atoms with van der Waals surface area (Å²) < 4.78 is 13.9. The SMILES string of the molecule is O=C(O)N(c1ccc(F)cc1-c1cncnc1)C1CN2CCC1CC2. The van der Waals surface area contributed by atoms with Crippen LogP contribution in [0.4, 0.5) is 14.9 Å². The van der Waals surface area contributed by atoms with E-state index in [1.165, 1.54) is 23.4 Å². The number of hydrogen-bond acceptors (Lipinski definition) is 4. The second-order valence-corrected chi connectivity index (χ2v) is 6.65. The number of hydrogen-bond donors (Lipinski definition) is 1. The van der Waals surface area contributed by atoms with E-state index in [1.807, 2.05) is 0 Å². The maximum atomic E-state index is 13.9. The molecule has 6 nitrogen and oxygen atoms in total. The molecule has 2 bridgehead atoms. The van der Waals surface area contributed by atoms with Crippen molar-refractivity contribution >= 4 is 11.8 Å². The largest absolute Gasteiger partial charge is 0.465 e. The van der Waals surface area contributed by atoms with Gasteiger partial charge in [-0.2, -0.15) is 0 Å². The van der Waals surface area contributed by atoms with Gasteiger partial charge in [0.1, 0.15) is 12.1 Å². The van der Waals surface area contributed by atoms with Gasteiger partial charge in [-0.15, -0.1) is 0 Å². The Morgan fingerprint density at radius 2 is 1.96 bits per heavy atom. The number of fused-ring (bicyclic) bond motifs is 3. The Balaban J connectivity index is 1.79. The van der Waals surface area contributed by atoms with Crippen molar-refractivity contribution in [2.45, 2.75) is 18.9 Å². The molecule has 1 aromatic carbocycles. The number of carboxylic acid groups (broad SMARTS) is 1. The first-order chi connectivity index (χ1) is 12.1. The molecule has 3 fully saturated rings. The van der Waals surface area contributed by atoms with Crippen molar-refractivity contribution in [2.24, 2.45) is 5.92 Å². The van der Waals surface area contributed by atoms with Crippen LogP contribution in [0.5, 0.6) is 0 Å². The Hall–Kier alpha value is -2.54. The molecule has 3 aliphatic heterocycles. The highest BCUT2D eigenvalue weighted by Gasteiger charge is 2.40. The van der Waals surface area contributed by atoms with Gasteiger partial charge in [-0.1, -0.05) is 0 Å². The van der Waals surface area contributed by atoms with Crippen LogP contribution in [-0.4, -0.2) is 51.7 Å². The van der Waals surface area contributed by atoms with E-state index in [0.29, 0.717) is 22.7 Å². The first kappa shape index (κ1) is 16.0. The molecule has 2 aromatic rings. The quantitative estimate of drug-likeness (QED) is 0.929. The summed E-state index contributed by atoms with van der Waals surface area (Å²) in [5.74, 6) is -0.0760. The lowest BCUT2D eigenvalue weighted by Crippen LogP contribution is -2.58. The van der Waals surface area contributed by atoms with Gasteiger partial charge in [0.25, 0.3) is 0 Å². The molecule has 1 N–H and O–H groups in total. The molecule has 1 atom stereocenters. The van der Waals surface area contributed by atoms with E-state index in [4.69, 9.17) is 0 Å². The highest BCUT2D eigenvalue weighted by atomic mass is 19.1. The average Bonchev–Trinajstić information content (AvgIpc) is 2.64. The highest BCUT2D eigenvalue weighted by Crippen LogP contribution is 2.38. The summed E-state index contributed by atoms with van der Waals surface area (Å²) in [5, 5.41) is 9.93. The highest BCUT2D eigenvalue weighted by molar-refractivity contribution is 5.93. The van der Waals surface area contributed by atoms with Crippen molar-refractivity contribution in [1.29, 1.82) is 0 Å². The van der Waals surface area contributed by atoms with Crippen molar-refractivity contribution in [2.75, 3.05) is 24.5 Å². The number of halogens is 1. The minimum absolute atomic E-state index is 0.117. The van der Waals surface area contributed by atoms with Crippen LogP contribution in [0.3, 0.4) is 0 Å². The van der Waals surface area contributed by atoms with Crippen molar-refractivity contribution in [3.63, 3.8) is 0 Å². The number of carbonyl (C=O) groups is 1. The average molecular weight is 342 g/mol. The Kier molecular flexibility index (Phi) is 4.09. The number of amides is 1. The number of aromatic nitrogens is 2. The van der Waals surface area contributed by atoms with Crippen LogP contribution in [0, 0.1) is 11.7 Å². The van der Waals surface area contributed by atoms with Crippen LogP contribution in [0.1, 0.15) is 12.8 Å². The molecule has 0 saturated carbocycles. The van der Waals surface area contributed by atoms with E-state index in [0.717, 1.165) is 32.5 Å². The van der Waals surface area contributed by atoms with Crippen LogP contribution in [0.15, 0.2) is 36.9 Å². The number of nitrogens with zero attached hydrogens (tertiary/aromatic N) is 4. The van der Waals surface area contributed by atoms with Gasteiger partial charge in [0.15, 0.2) is 0 Å². The van der Waals surface area contributed by atoms with E-state index in [2.05, 4.69) is 14.9 Å². The van der Waals surface area contributed by atoms with E-state index < -0.39 is 11.9 Å². The lowest BCUT2D eigenvalue weighted by molar-refractivity contribution is 0.0837. The van der Waals surface area contributed by atoms with Gasteiger partial charge < -0.3 is 10.0 Å². The molecule has 1 aromatic heterocycles. The summed E-state index contributed by atoms with van der Waals surface area (Å²) in [6, 6.07) is 4.09. The summed E-state index contributed by atoms with van der Waals surface area (Å²) >= 11 is 0. The normalized spacial score (nSPS) is 24.9. The number of rotatable bonds is 3. The summed E-state index contributed by atoms with van der Waals surface area (Å²) in [4.78, 5) is 23.8. The first-order valence-electron chi connectivity index (χ1n) is 8.43. The van der Waals surface area contributed by atoms with Crippen LogP contribution >= 0.6 is 0 Å². The maximum Gasteiger partial charge on any atom is 0.412 e. The zero-order valence-electron chi connectivity index (χ0n) is 13.7. The minimum Gasteiger partial charge on any atom is -0.465 e. The monoisotopic (exact) mass is 342 g/mol. The Bertz CT molecular complexity index is 778. The lowest BCUT2D eigenvalue weighted by Gasteiger charge is -2.48. The zero-order valence-corrected chi connectivity index (χ0v) is 13.7. The molecule has 0 aliphatic carbocycles.